The Morgan fingerprint density at radius 2 is 2.50 bits per heavy atom. The summed E-state index contributed by atoms with van der Waals surface area (Å²) in [5.41, 5.74) is 1.26. The van der Waals surface area contributed by atoms with Crippen molar-refractivity contribution >= 4 is 11.6 Å². The molecule has 2 aliphatic rings. The van der Waals surface area contributed by atoms with Crippen molar-refractivity contribution in [3.05, 3.63) is 23.2 Å². The smallest absolute Gasteiger partial charge is 0.132 e. The molecule has 1 aliphatic carbocycles. The quantitative estimate of drug-likeness (QED) is 0.612. The second kappa shape index (κ2) is 1.98. The van der Waals surface area contributed by atoms with Crippen molar-refractivity contribution in [1.29, 1.82) is 0 Å². The molecule has 12 heavy (non-hydrogen) atoms. The maximum atomic E-state index is 5.76. The Bertz CT molecular complexity index is 340. The maximum Gasteiger partial charge on any atom is 0.132 e. The highest BCUT2D eigenvalue weighted by Gasteiger charge is 2.65. The summed E-state index contributed by atoms with van der Waals surface area (Å²) < 4.78 is 5.30. The first-order chi connectivity index (χ1) is 5.81. The molecular weight excluding hydrogens is 176 g/mol. The average molecular weight is 183 g/mol. The van der Waals surface area contributed by atoms with Crippen LogP contribution >= 0.6 is 11.6 Å². The van der Waals surface area contributed by atoms with Crippen LogP contribution in [0.25, 0.3) is 0 Å². The summed E-state index contributed by atoms with van der Waals surface area (Å²) >= 11 is 5.76. The molecule has 2 fully saturated rings. The lowest BCUT2D eigenvalue weighted by molar-refractivity contribution is 0.00141. The van der Waals surface area contributed by atoms with Crippen LogP contribution in [0.15, 0.2) is 12.4 Å². The van der Waals surface area contributed by atoms with E-state index in [1.54, 1.807) is 0 Å². The average Bonchev–Trinajstić information content (AvgIpc) is 2.55. The van der Waals surface area contributed by atoms with Gasteiger partial charge in [0.15, 0.2) is 0 Å². The molecule has 0 amide bonds. The van der Waals surface area contributed by atoms with Crippen molar-refractivity contribution in [3.8, 4) is 0 Å². The second-order valence-corrected chi connectivity index (χ2v) is 3.77. The number of nitrogens with zero attached hydrogens (tertiary/aromatic N) is 2. The number of aromatic nitrogens is 2. The van der Waals surface area contributed by atoms with Crippen molar-refractivity contribution in [3.63, 3.8) is 0 Å². The van der Waals surface area contributed by atoms with Gasteiger partial charge in [0.1, 0.15) is 11.5 Å². The lowest BCUT2D eigenvalue weighted by atomic mass is 10.0. The highest BCUT2D eigenvalue weighted by molar-refractivity contribution is 6.29. The maximum absolute atomic E-state index is 5.76. The third-order valence-corrected chi connectivity index (χ3v) is 2.90. The highest BCUT2D eigenvalue weighted by Crippen LogP contribution is 2.57. The molecule has 1 saturated heterocycles. The molecule has 4 heteroatoms. The minimum absolute atomic E-state index is 0.215. The Morgan fingerprint density at radius 1 is 1.58 bits per heavy atom. The van der Waals surface area contributed by atoms with Crippen molar-refractivity contribution in [1.82, 2.24) is 9.97 Å². The third kappa shape index (κ3) is 0.704. The van der Waals surface area contributed by atoms with Crippen LogP contribution in [0, 0.1) is 0 Å². The van der Waals surface area contributed by atoms with Gasteiger partial charge in [-0.05, 0) is 12.5 Å². The fourth-order valence-corrected chi connectivity index (χ4v) is 1.89. The number of ether oxygens (including phenoxy) is 1. The second-order valence-electron chi connectivity index (χ2n) is 3.39. The van der Waals surface area contributed by atoms with Crippen molar-refractivity contribution in [2.75, 3.05) is 6.61 Å². The van der Waals surface area contributed by atoms with Crippen molar-refractivity contribution in [2.45, 2.75) is 17.9 Å². The van der Waals surface area contributed by atoms with Gasteiger partial charge < -0.3 is 4.74 Å². The predicted octanol–water partition coefficient (Wildman–Crippen LogP) is 1.17. The van der Waals surface area contributed by atoms with Crippen LogP contribution in [0.1, 0.15) is 12.1 Å². The van der Waals surface area contributed by atoms with Crippen molar-refractivity contribution < 1.29 is 4.74 Å². The topological polar surface area (TPSA) is 35.0 Å². The molecule has 2 heterocycles. The van der Waals surface area contributed by atoms with Crippen LogP contribution in [0.4, 0.5) is 0 Å². The molecule has 0 bridgehead atoms. The molecule has 1 saturated carbocycles. The summed E-state index contributed by atoms with van der Waals surface area (Å²) in [4.78, 5) is 8.04. The molecular formula is C8H7ClN2O. The Hall–Kier alpha value is -0.670. The van der Waals surface area contributed by atoms with E-state index in [2.05, 4.69) is 9.97 Å². The Morgan fingerprint density at radius 3 is 3.00 bits per heavy atom. The molecule has 3 rings (SSSR count). The van der Waals surface area contributed by atoms with E-state index in [0.29, 0.717) is 11.3 Å². The molecule has 2 atom stereocenters. The van der Waals surface area contributed by atoms with Gasteiger partial charge in [0.2, 0.25) is 0 Å². The lowest BCUT2D eigenvalue weighted by Gasteiger charge is -2.24. The van der Waals surface area contributed by atoms with Gasteiger partial charge in [-0.3, -0.25) is 0 Å². The van der Waals surface area contributed by atoms with E-state index >= 15 is 0 Å². The van der Waals surface area contributed by atoms with Gasteiger partial charge in [-0.25, -0.2) is 9.97 Å². The van der Waals surface area contributed by atoms with Crippen molar-refractivity contribution in [2.24, 2.45) is 0 Å². The Labute approximate surface area is 74.7 Å². The zero-order chi connectivity index (χ0) is 8.18. The summed E-state index contributed by atoms with van der Waals surface area (Å²) in [6.07, 6.45) is 3.02. The standard InChI is InChI=1S/C8H7ClN2O/c9-7-1-5(10-4-11-7)8-2-6(8)12-3-8/h1,4,6H,2-3H2. The zero-order valence-corrected chi connectivity index (χ0v) is 7.08. The summed E-state index contributed by atoms with van der Waals surface area (Å²) in [6.45, 7) is 0.797. The largest absolute Gasteiger partial charge is 0.376 e. The normalized spacial score (nSPS) is 36.9. The van der Waals surface area contributed by atoms with Crippen LogP contribution in [0.3, 0.4) is 0 Å². The molecule has 3 nitrogen and oxygen atoms in total. The van der Waals surface area contributed by atoms with Gasteiger partial charge in [0.25, 0.3) is 0 Å². The molecule has 1 aromatic rings. The summed E-state index contributed by atoms with van der Waals surface area (Å²) in [6, 6.07) is 1.84. The van der Waals surface area contributed by atoms with E-state index in [9.17, 15) is 0 Å². The zero-order valence-electron chi connectivity index (χ0n) is 6.33. The minimum Gasteiger partial charge on any atom is -0.376 e. The van der Waals surface area contributed by atoms with E-state index in [-0.39, 0.29) is 5.41 Å². The molecule has 0 spiro atoms. The minimum atomic E-state index is 0.215. The van der Waals surface area contributed by atoms with Crippen LogP contribution in [0.2, 0.25) is 5.15 Å². The van der Waals surface area contributed by atoms with Crippen LogP contribution < -0.4 is 0 Å². The summed E-state index contributed by atoms with van der Waals surface area (Å²) in [5, 5.41) is 0.520. The van der Waals surface area contributed by atoms with E-state index in [1.807, 2.05) is 6.07 Å². The summed E-state index contributed by atoms with van der Waals surface area (Å²) in [7, 11) is 0. The predicted molar refractivity (Wildman–Crippen MR) is 43.1 cm³/mol. The Kier molecular flexibility index (Phi) is 1.12. The molecule has 1 aromatic heterocycles. The van der Waals surface area contributed by atoms with E-state index in [0.717, 1.165) is 18.7 Å². The van der Waals surface area contributed by atoms with Gasteiger partial charge in [-0.1, -0.05) is 11.6 Å². The van der Waals surface area contributed by atoms with E-state index in [4.69, 9.17) is 16.3 Å². The third-order valence-electron chi connectivity index (χ3n) is 2.69. The van der Waals surface area contributed by atoms with Gasteiger partial charge in [0, 0.05) is 0 Å². The van der Waals surface area contributed by atoms with Crippen LogP contribution in [0.5, 0.6) is 0 Å². The number of halogens is 1. The molecule has 1 aliphatic heterocycles. The first-order valence-electron chi connectivity index (χ1n) is 3.91. The van der Waals surface area contributed by atoms with Gasteiger partial charge >= 0.3 is 0 Å². The first-order valence-corrected chi connectivity index (χ1v) is 4.29. The molecule has 0 N–H and O–H groups in total. The van der Waals surface area contributed by atoms with Gasteiger partial charge in [0.05, 0.1) is 23.8 Å². The fraction of sp³-hybridized carbons (Fsp3) is 0.500. The number of fused-ring (bicyclic) bond motifs is 1. The van der Waals surface area contributed by atoms with Gasteiger partial charge in [-0.15, -0.1) is 0 Å². The first kappa shape index (κ1) is 6.80. The van der Waals surface area contributed by atoms with Crippen LogP contribution in [-0.4, -0.2) is 22.7 Å². The number of hydrogen-bond acceptors (Lipinski definition) is 3. The monoisotopic (exact) mass is 182 g/mol. The highest BCUT2D eigenvalue weighted by atomic mass is 35.5. The number of rotatable bonds is 1. The SMILES string of the molecule is Clc1cc(C23COC2C3)ncn1. The molecule has 2 unspecified atom stereocenters. The van der Waals surface area contributed by atoms with Crippen LogP contribution in [-0.2, 0) is 10.2 Å². The summed E-state index contributed by atoms with van der Waals surface area (Å²) in [5.74, 6) is 0. The molecule has 62 valence electrons. The molecule has 0 aromatic carbocycles. The Balaban J connectivity index is 2.02. The van der Waals surface area contributed by atoms with E-state index < -0.39 is 0 Å². The lowest BCUT2D eigenvalue weighted by Crippen LogP contribution is -2.32. The number of hydrogen-bond donors (Lipinski definition) is 0. The molecule has 0 radical (unpaired) electrons. The van der Waals surface area contributed by atoms with Gasteiger partial charge in [-0.2, -0.15) is 0 Å². The fourth-order valence-electron chi connectivity index (χ4n) is 1.74. The van der Waals surface area contributed by atoms with E-state index in [1.165, 1.54) is 6.33 Å².